The first-order chi connectivity index (χ1) is 9.47. The van der Waals surface area contributed by atoms with Crippen LogP contribution in [0.15, 0.2) is 18.2 Å². The third-order valence-corrected chi connectivity index (χ3v) is 4.09. The van der Waals surface area contributed by atoms with Gasteiger partial charge in [0.1, 0.15) is 0 Å². The average Bonchev–Trinajstić information content (AvgIpc) is 2.87. The number of hydrogen-bond acceptors (Lipinski definition) is 2. The third-order valence-electron chi connectivity index (χ3n) is 4.09. The molecule has 1 unspecified atom stereocenters. The molecule has 0 bridgehead atoms. The van der Waals surface area contributed by atoms with E-state index in [4.69, 9.17) is 5.11 Å². The maximum Gasteiger partial charge on any atom is 0.303 e. The lowest BCUT2D eigenvalue weighted by Gasteiger charge is -2.17. The largest absolute Gasteiger partial charge is 0.481 e. The number of carboxylic acids is 1. The molecular formula is C16H21NO3. The third kappa shape index (κ3) is 3.38. The molecule has 20 heavy (non-hydrogen) atoms. The molecule has 0 radical (unpaired) electrons. The number of hydrogen-bond donors (Lipinski definition) is 1. The van der Waals surface area contributed by atoms with Gasteiger partial charge in [0.2, 0.25) is 0 Å². The summed E-state index contributed by atoms with van der Waals surface area (Å²) in [6, 6.07) is 5.78. The highest BCUT2D eigenvalue weighted by Crippen LogP contribution is 2.23. The first kappa shape index (κ1) is 14.6. The molecule has 0 aliphatic carbocycles. The van der Waals surface area contributed by atoms with Crippen LogP contribution in [0.2, 0.25) is 0 Å². The molecule has 1 amide bonds. The second-order valence-corrected chi connectivity index (χ2v) is 5.64. The van der Waals surface area contributed by atoms with Gasteiger partial charge in [-0.3, -0.25) is 9.59 Å². The van der Waals surface area contributed by atoms with Crippen LogP contribution >= 0.6 is 0 Å². The van der Waals surface area contributed by atoms with E-state index in [0.717, 1.165) is 24.1 Å². The standard InChI is InChI=1S/C16H21NO3/c1-11-3-5-14(9-12(11)2)16(20)17-8-7-13(10-17)4-6-15(18)19/h3,5,9,13H,4,6-8,10H2,1-2H3,(H,18,19). The molecule has 4 heteroatoms. The Balaban J connectivity index is 1.97. The number of amides is 1. The fraction of sp³-hybridized carbons (Fsp3) is 0.500. The molecule has 1 aromatic rings. The summed E-state index contributed by atoms with van der Waals surface area (Å²) < 4.78 is 0. The van der Waals surface area contributed by atoms with Crippen LogP contribution in [-0.2, 0) is 4.79 Å². The molecule has 4 nitrogen and oxygen atoms in total. The monoisotopic (exact) mass is 275 g/mol. The Bertz CT molecular complexity index is 524. The fourth-order valence-electron chi connectivity index (χ4n) is 2.64. The Kier molecular flexibility index (Phi) is 4.42. The van der Waals surface area contributed by atoms with E-state index in [0.29, 0.717) is 18.9 Å². The molecule has 1 aromatic carbocycles. The van der Waals surface area contributed by atoms with E-state index in [9.17, 15) is 9.59 Å². The molecular weight excluding hydrogens is 254 g/mol. The number of benzene rings is 1. The number of likely N-dealkylation sites (tertiary alicyclic amines) is 1. The van der Waals surface area contributed by atoms with Gasteiger partial charge in [0.15, 0.2) is 0 Å². The molecule has 1 fully saturated rings. The van der Waals surface area contributed by atoms with Crippen molar-refractivity contribution in [3.63, 3.8) is 0 Å². The Labute approximate surface area is 119 Å². The lowest BCUT2D eigenvalue weighted by atomic mass is 10.0. The Morgan fingerprint density at radius 1 is 1.30 bits per heavy atom. The van der Waals surface area contributed by atoms with Crippen molar-refractivity contribution in [2.45, 2.75) is 33.1 Å². The van der Waals surface area contributed by atoms with Gasteiger partial charge in [0.05, 0.1) is 0 Å². The predicted molar refractivity (Wildman–Crippen MR) is 76.8 cm³/mol. The summed E-state index contributed by atoms with van der Waals surface area (Å²) in [4.78, 5) is 24.8. The second-order valence-electron chi connectivity index (χ2n) is 5.64. The molecule has 1 heterocycles. The normalized spacial score (nSPS) is 18.3. The summed E-state index contributed by atoms with van der Waals surface area (Å²) in [5, 5.41) is 8.70. The minimum absolute atomic E-state index is 0.0610. The summed E-state index contributed by atoms with van der Waals surface area (Å²) in [5.41, 5.74) is 3.03. The first-order valence-corrected chi connectivity index (χ1v) is 7.05. The van der Waals surface area contributed by atoms with E-state index in [-0.39, 0.29) is 12.3 Å². The minimum atomic E-state index is -0.760. The van der Waals surface area contributed by atoms with Crippen molar-refractivity contribution in [1.82, 2.24) is 4.90 Å². The number of carbonyl (C=O) groups excluding carboxylic acids is 1. The van der Waals surface area contributed by atoms with Gasteiger partial charge < -0.3 is 10.0 Å². The zero-order valence-corrected chi connectivity index (χ0v) is 12.1. The molecule has 0 spiro atoms. The Morgan fingerprint density at radius 3 is 2.70 bits per heavy atom. The Hall–Kier alpha value is -1.84. The molecule has 0 saturated carbocycles. The number of aryl methyl sites for hydroxylation is 2. The molecule has 2 rings (SSSR count). The second kappa shape index (κ2) is 6.07. The average molecular weight is 275 g/mol. The number of nitrogens with zero attached hydrogens (tertiary/aromatic N) is 1. The van der Waals surface area contributed by atoms with Gasteiger partial charge in [-0.2, -0.15) is 0 Å². The summed E-state index contributed by atoms with van der Waals surface area (Å²) in [6.45, 7) is 5.45. The first-order valence-electron chi connectivity index (χ1n) is 7.05. The minimum Gasteiger partial charge on any atom is -0.481 e. The number of aliphatic carboxylic acids is 1. The van der Waals surface area contributed by atoms with Crippen molar-refractivity contribution in [2.24, 2.45) is 5.92 Å². The molecule has 1 aliphatic heterocycles. The number of carboxylic acid groups (broad SMARTS) is 1. The predicted octanol–water partition coefficient (Wildman–Crippen LogP) is 2.63. The van der Waals surface area contributed by atoms with Gasteiger partial charge in [0, 0.05) is 25.1 Å². The number of rotatable bonds is 4. The van der Waals surface area contributed by atoms with E-state index in [1.807, 2.05) is 36.9 Å². The molecule has 1 saturated heterocycles. The van der Waals surface area contributed by atoms with Gasteiger partial charge in [-0.15, -0.1) is 0 Å². The molecule has 1 aliphatic rings. The Morgan fingerprint density at radius 2 is 2.05 bits per heavy atom. The van der Waals surface area contributed by atoms with Crippen LogP contribution in [0.5, 0.6) is 0 Å². The van der Waals surface area contributed by atoms with E-state index in [1.54, 1.807) is 0 Å². The molecule has 1 N–H and O–H groups in total. The van der Waals surface area contributed by atoms with E-state index in [1.165, 1.54) is 5.56 Å². The van der Waals surface area contributed by atoms with Crippen molar-refractivity contribution in [3.05, 3.63) is 34.9 Å². The van der Waals surface area contributed by atoms with Gasteiger partial charge in [-0.25, -0.2) is 0 Å². The lowest BCUT2D eigenvalue weighted by molar-refractivity contribution is -0.137. The van der Waals surface area contributed by atoms with Crippen LogP contribution in [0.25, 0.3) is 0 Å². The highest BCUT2D eigenvalue weighted by atomic mass is 16.4. The topological polar surface area (TPSA) is 57.6 Å². The van der Waals surface area contributed by atoms with Crippen molar-refractivity contribution >= 4 is 11.9 Å². The zero-order chi connectivity index (χ0) is 14.7. The van der Waals surface area contributed by atoms with Gasteiger partial charge in [0.25, 0.3) is 5.91 Å². The molecule has 108 valence electrons. The number of carbonyl (C=O) groups is 2. The summed E-state index contributed by atoms with van der Waals surface area (Å²) in [7, 11) is 0. The van der Waals surface area contributed by atoms with Crippen LogP contribution in [0.3, 0.4) is 0 Å². The molecule has 1 atom stereocenters. The summed E-state index contributed by atoms with van der Waals surface area (Å²) in [5.74, 6) is -0.378. The fourth-order valence-corrected chi connectivity index (χ4v) is 2.64. The maximum atomic E-state index is 12.4. The van der Waals surface area contributed by atoms with Crippen molar-refractivity contribution < 1.29 is 14.7 Å². The van der Waals surface area contributed by atoms with Gasteiger partial charge in [-0.1, -0.05) is 6.07 Å². The van der Waals surface area contributed by atoms with E-state index >= 15 is 0 Å². The van der Waals surface area contributed by atoms with Crippen LogP contribution in [0, 0.1) is 19.8 Å². The molecule has 0 aromatic heterocycles. The van der Waals surface area contributed by atoms with Crippen molar-refractivity contribution in [3.8, 4) is 0 Å². The van der Waals surface area contributed by atoms with Crippen LogP contribution in [0.4, 0.5) is 0 Å². The van der Waals surface area contributed by atoms with Crippen LogP contribution in [0.1, 0.15) is 40.7 Å². The SMILES string of the molecule is Cc1ccc(C(=O)N2CCC(CCC(=O)O)C2)cc1C. The lowest BCUT2D eigenvalue weighted by Crippen LogP contribution is -2.28. The highest BCUT2D eigenvalue weighted by Gasteiger charge is 2.27. The van der Waals surface area contributed by atoms with E-state index in [2.05, 4.69) is 0 Å². The quantitative estimate of drug-likeness (QED) is 0.919. The van der Waals surface area contributed by atoms with Crippen LogP contribution < -0.4 is 0 Å². The van der Waals surface area contributed by atoms with Gasteiger partial charge in [-0.05, 0) is 55.9 Å². The highest BCUT2D eigenvalue weighted by molar-refractivity contribution is 5.94. The zero-order valence-electron chi connectivity index (χ0n) is 12.1. The summed E-state index contributed by atoms with van der Waals surface area (Å²) >= 11 is 0. The van der Waals surface area contributed by atoms with Crippen LogP contribution in [-0.4, -0.2) is 35.0 Å². The summed E-state index contributed by atoms with van der Waals surface area (Å²) in [6.07, 6.45) is 1.76. The maximum absolute atomic E-state index is 12.4. The van der Waals surface area contributed by atoms with Crippen molar-refractivity contribution in [2.75, 3.05) is 13.1 Å². The smallest absolute Gasteiger partial charge is 0.303 e. The van der Waals surface area contributed by atoms with Crippen molar-refractivity contribution in [1.29, 1.82) is 0 Å². The van der Waals surface area contributed by atoms with E-state index < -0.39 is 5.97 Å². The van der Waals surface area contributed by atoms with Gasteiger partial charge >= 0.3 is 5.97 Å².